The third-order valence-electron chi connectivity index (χ3n) is 5.13. The molecule has 3 amide bonds. The summed E-state index contributed by atoms with van der Waals surface area (Å²) >= 11 is 5.83. The fourth-order valence-corrected chi connectivity index (χ4v) is 3.65. The molecule has 3 rings (SSSR count). The monoisotopic (exact) mass is 408 g/mol. The maximum atomic E-state index is 12.3. The van der Waals surface area contributed by atoms with Gasteiger partial charge in [-0.2, -0.15) is 0 Å². The van der Waals surface area contributed by atoms with Gasteiger partial charge in [-0.25, -0.2) is 4.79 Å². The van der Waals surface area contributed by atoms with E-state index in [0.29, 0.717) is 30.5 Å². The van der Waals surface area contributed by atoms with Gasteiger partial charge in [0.1, 0.15) is 0 Å². The molecule has 28 heavy (non-hydrogen) atoms. The Kier molecular flexibility index (Phi) is 7.94. The van der Waals surface area contributed by atoms with E-state index in [4.69, 9.17) is 16.3 Å². The second kappa shape index (κ2) is 10.6. The van der Waals surface area contributed by atoms with Crippen LogP contribution < -0.4 is 10.6 Å². The number of piperazine rings is 1. The summed E-state index contributed by atoms with van der Waals surface area (Å²) in [5.41, 5.74) is 0.722. The highest BCUT2D eigenvalue weighted by Gasteiger charge is 2.24. The van der Waals surface area contributed by atoms with Gasteiger partial charge in [0.2, 0.25) is 5.91 Å². The number of hydrogen-bond donors (Lipinski definition) is 2. The number of nitrogens with zero attached hydrogens (tertiary/aromatic N) is 2. The van der Waals surface area contributed by atoms with Crippen molar-refractivity contribution in [2.24, 2.45) is 0 Å². The van der Waals surface area contributed by atoms with Gasteiger partial charge in [-0.3, -0.25) is 9.69 Å². The molecule has 2 aliphatic heterocycles. The molecule has 1 atom stereocenters. The van der Waals surface area contributed by atoms with E-state index >= 15 is 0 Å². The maximum absolute atomic E-state index is 12.3. The van der Waals surface area contributed by atoms with Crippen LogP contribution in [0.5, 0.6) is 0 Å². The van der Waals surface area contributed by atoms with Crippen LogP contribution in [0.2, 0.25) is 5.02 Å². The standard InChI is InChI=1S/C20H29ClN4O3/c21-16-5-7-17(8-6-16)23-19(26)4-1-9-22-20(27)25-12-10-24(11-13-25)15-18-3-2-14-28-18/h5-8,18H,1-4,9-15H2,(H,22,27)(H,23,26). The molecule has 1 aromatic rings. The lowest BCUT2D eigenvalue weighted by atomic mass is 10.2. The highest BCUT2D eigenvalue weighted by atomic mass is 35.5. The molecule has 1 unspecified atom stereocenters. The summed E-state index contributed by atoms with van der Waals surface area (Å²) in [6.07, 6.45) is 3.62. The predicted octanol–water partition coefficient (Wildman–Crippen LogP) is 2.56. The van der Waals surface area contributed by atoms with Crippen molar-refractivity contribution in [3.63, 3.8) is 0 Å². The summed E-state index contributed by atoms with van der Waals surface area (Å²) < 4.78 is 5.68. The normalized spacial score (nSPS) is 20.2. The van der Waals surface area contributed by atoms with Crippen molar-refractivity contribution in [2.45, 2.75) is 31.8 Å². The molecule has 2 heterocycles. The van der Waals surface area contributed by atoms with Gasteiger partial charge in [-0.05, 0) is 43.5 Å². The molecule has 0 bridgehead atoms. The number of halogens is 1. The van der Waals surface area contributed by atoms with Crippen LogP contribution in [0.25, 0.3) is 0 Å². The second-order valence-electron chi connectivity index (χ2n) is 7.31. The van der Waals surface area contributed by atoms with Crippen LogP contribution in [0.15, 0.2) is 24.3 Å². The zero-order valence-corrected chi connectivity index (χ0v) is 16.9. The molecule has 2 N–H and O–H groups in total. The molecule has 0 saturated carbocycles. The minimum atomic E-state index is -0.0701. The highest BCUT2D eigenvalue weighted by Crippen LogP contribution is 2.15. The summed E-state index contributed by atoms with van der Waals surface area (Å²) in [5.74, 6) is -0.0701. The van der Waals surface area contributed by atoms with E-state index in [2.05, 4.69) is 15.5 Å². The number of carbonyl (C=O) groups excluding carboxylic acids is 2. The fourth-order valence-electron chi connectivity index (χ4n) is 3.52. The third kappa shape index (κ3) is 6.65. The first-order chi connectivity index (χ1) is 13.6. The smallest absolute Gasteiger partial charge is 0.317 e. The number of benzene rings is 1. The first-order valence-corrected chi connectivity index (χ1v) is 10.4. The molecule has 2 saturated heterocycles. The second-order valence-corrected chi connectivity index (χ2v) is 7.75. The number of nitrogens with one attached hydrogen (secondary N) is 2. The predicted molar refractivity (Wildman–Crippen MR) is 110 cm³/mol. The lowest BCUT2D eigenvalue weighted by Crippen LogP contribution is -2.53. The zero-order chi connectivity index (χ0) is 19.8. The van der Waals surface area contributed by atoms with Gasteiger partial charge < -0.3 is 20.3 Å². The average molecular weight is 409 g/mol. The Morgan fingerprint density at radius 1 is 1.14 bits per heavy atom. The van der Waals surface area contributed by atoms with Crippen LogP contribution in [0.1, 0.15) is 25.7 Å². The Morgan fingerprint density at radius 3 is 2.57 bits per heavy atom. The van der Waals surface area contributed by atoms with Gasteiger partial charge in [0.05, 0.1) is 6.10 Å². The molecular weight excluding hydrogens is 380 g/mol. The number of amides is 3. The summed E-state index contributed by atoms with van der Waals surface area (Å²) in [7, 11) is 0. The van der Waals surface area contributed by atoms with Gasteiger partial charge in [-0.1, -0.05) is 11.6 Å². The van der Waals surface area contributed by atoms with Crippen LogP contribution >= 0.6 is 11.6 Å². The Balaban J connectivity index is 1.26. The molecule has 7 nitrogen and oxygen atoms in total. The average Bonchev–Trinajstić information content (AvgIpc) is 3.20. The van der Waals surface area contributed by atoms with Crippen molar-refractivity contribution in [3.05, 3.63) is 29.3 Å². The number of anilines is 1. The van der Waals surface area contributed by atoms with E-state index in [9.17, 15) is 9.59 Å². The van der Waals surface area contributed by atoms with Crippen molar-refractivity contribution in [1.29, 1.82) is 0 Å². The lowest BCUT2D eigenvalue weighted by Gasteiger charge is -2.35. The van der Waals surface area contributed by atoms with Gasteiger partial charge in [0, 0.05) is 63.0 Å². The first-order valence-electron chi connectivity index (χ1n) is 10.0. The van der Waals surface area contributed by atoms with Gasteiger partial charge in [0.15, 0.2) is 0 Å². The topological polar surface area (TPSA) is 73.9 Å². The van der Waals surface area contributed by atoms with Gasteiger partial charge in [0.25, 0.3) is 0 Å². The van der Waals surface area contributed by atoms with E-state index in [-0.39, 0.29) is 11.9 Å². The van der Waals surface area contributed by atoms with Crippen LogP contribution in [0.4, 0.5) is 10.5 Å². The Bertz CT molecular complexity index is 641. The quantitative estimate of drug-likeness (QED) is 0.680. The molecule has 0 spiro atoms. The van der Waals surface area contributed by atoms with Crippen LogP contribution in [0.3, 0.4) is 0 Å². The number of carbonyl (C=O) groups is 2. The number of rotatable bonds is 7. The number of urea groups is 1. The summed E-state index contributed by atoms with van der Waals surface area (Å²) in [6, 6.07) is 6.95. The van der Waals surface area contributed by atoms with E-state index in [1.807, 2.05) is 4.90 Å². The molecule has 1 aromatic carbocycles. The molecular formula is C20H29ClN4O3. The van der Waals surface area contributed by atoms with Crippen LogP contribution in [0, 0.1) is 0 Å². The van der Waals surface area contributed by atoms with E-state index in [1.165, 1.54) is 0 Å². The van der Waals surface area contributed by atoms with Crippen LogP contribution in [-0.4, -0.2) is 73.7 Å². The van der Waals surface area contributed by atoms with E-state index in [1.54, 1.807) is 24.3 Å². The molecule has 0 aliphatic carbocycles. The molecule has 0 aromatic heterocycles. The first kappa shape index (κ1) is 20.9. The van der Waals surface area contributed by atoms with Crippen molar-refractivity contribution in [2.75, 3.05) is 51.2 Å². The summed E-state index contributed by atoms with van der Waals surface area (Å²) in [5, 5.41) is 6.36. The minimum Gasteiger partial charge on any atom is -0.377 e. The largest absolute Gasteiger partial charge is 0.377 e. The van der Waals surface area contributed by atoms with E-state index < -0.39 is 0 Å². The van der Waals surface area contributed by atoms with Crippen molar-refractivity contribution in [3.8, 4) is 0 Å². The maximum Gasteiger partial charge on any atom is 0.317 e. The Labute approximate surface area is 171 Å². The summed E-state index contributed by atoms with van der Waals surface area (Å²) in [6.45, 7) is 5.57. The van der Waals surface area contributed by atoms with Gasteiger partial charge >= 0.3 is 6.03 Å². The fraction of sp³-hybridized carbons (Fsp3) is 0.600. The van der Waals surface area contributed by atoms with E-state index in [0.717, 1.165) is 57.9 Å². The molecule has 154 valence electrons. The van der Waals surface area contributed by atoms with Gasteiger partial charge in [-0.15, -0.1) is 0 Å². The van der Waals surface area contributed by atoms with Crippen LogP contribution in [-0.2, 0) is 9.53 Å². The number of hydrogen-bond acceptors (Lipinski definition) is 4. The van der Waals surface area contributed by atoms with Crippen molar-refractivity contribution in [1.82, 2.24) is 15.1 Å². The lowest BCUT2D eigenvalue weighted by molar-refractivity contribution is -0.116. The zero-order valence-electron chi connectivity index (χ0n) is 16.2. The van der Waals surface area contributed by atoms with Crippen molar-refractivity contribution >= 4 is 29.2 Å². The highest BCUT2D eigenvalue weighted by molar-refractivity contribution is 6.30. The number of ether oxygens (including phenoxy) is 1. The Morgan fingerprint density at radius 2 is 1.89 bits per heavy atom. The minimum absolute atomic E-state index is 0.0464. The molecule has 2 aliphatic rings. The molecule has 2 fully saturated rings. The molecule has 0 radical (unpaired) electrons. The Hall–Kier alpha value is -1.83. The summed E-state index contributed by atoms with van der Waals surface area (Å²) in [4.78, 5) is 28.4. The third-order valence-corrected chi connectivity index (χ3v) is 5.38. The SMILES string of the molecule is O=C(CCCNC(=O)N1CCN(CC2CCCO2)CC1)Nc1ccc(Cl)cc1. The molecule has 8 heteroatoms. The van der Waals surface area contributed by atoms with Crippen molar-refractivity contribution < 1.29 is 14.3 Å².